The van der Waals surface area contributed by atoms with Crippen molar-refractivity contribution in [1.82, 2.24) is 39.6 Å². The summed E-state index contributed by atoms with van der Waals surface area (Å²) in [5.74, 6) is 0.553. The first-order valence-corrected chi connectivity index (χ1v) is 28.6. The van der Waals surface area contributed by atoms with Gasteiger partial charge in [0.05, 0.1) is 59.8 Å². The Morgan fingerprint density at radius 2 is 0.976 bits per heavy atom. The summed E-state index contributed by atoms with van der Waals surface area (Å²) in [6.45, 7) is 8.57. The Bertz CT molecular complexity index is 3610. The molecule has 0 unspecified atom stereocenters. The van der Waals surface area contributed by atoms with Crippen molar-refractivity contribution in [2.45, 2.75) is 83.0 Å². The van der Waals surface area contributed by atoms with Crippen LogP contribution >= 0.6 is 0 Å². The van der Waals surface area contributed by atoms with Crippen LogP contribution in [0, 0.1) is 11.8 Å². The number of primary amides is 1. The normalized spacial score (nSPS) is 16.0. The van der Waals surface area contributed by atoms with Crippen molar-refractivity contribution in [3.8, 4) is 50.7 Å². The van der Waals surface area contributed by atoms with E-state index in [0.717, 1.165) is 98.7 Å². The van der Waals surface area contributed by atoms with Crippen LogP contribution in [-0.2, 0) is 24.5 Å². The number of nitrogens with zero attached hydrogens (tertiary/aromatic N) is 5. The number of alkyl carbamates (subject to hydrolysis) is 1. The highest BCUT2D eigenvalue weighted by molar-refractivity contribution is 5.87. The number of carbonyl (C=O) groups excluding carboxylic acids is 4. The number of amides is 4. The van der Waals surface area contributed by atoms with Crippen molar-refractivity contribution in [3.63, 3.8) is 0 Å². The number of imidazole rings is 2. The van der Waals surface area contributed by atoms with E-state index in [4.69, 9.17) is 25.2 Å². The van der Waals surface area contributed by atoms with Crippen LogP contribution in [0.4, 0.5) is 9.59 Å². The molecule has 83 heavy (non-hydrogen) atoms. The van der Waals surface area contributed by atoms with Crippen molar-refractivity contribution in [2.24, 2.45) is 17.6 Å². The molecule has 4 atom stereocenters. The van der Waals surface area contributed by atoms with E-state index in [1.54, 1.807) is 4.90 Å². The molecule has 2 aliphatic rings. The average molecular weight is 1110 g/mol. The monoisotopic (exact) mass is 1110 g/mol. The molecule has 2 fully saturated rings. The number of aromatic amines is 2. The van der Waals surface area contributed by atoms with Crippen LogP contribution in [0.5, 0.6) is 0 Å². The Balaban J connectivity index is 0.938. The van der Waals surface area contributed by atoms with Crippen LogP contribution in [0.15, 0.2) is 188 Å². The van der Waals surface area contributed by atoms with Gasteiger partial charge in [0.15, 0.2) is 6.10 Å². The van der Waals surface area contributed by atoms with E-state index in [1.807, 2.05) is 45.0 Å². The molecule has 0 bridgehead atoms. The molecule has 15 heteroatoms. The highest BCUT2D eigenvalue weighted by Crippen LogP contribution is 2.46. The summed E-state index contributed by atoms with van der Waals surface area (Å²) in [7, 11) is 1.30. The van der Waals surface area contributed by atoms with Crippen LogP contribution in [-0.4, -0.2) is 90.6 Å². The maximum atomic E-state index is 13.9. The fourth-order valence-electron chi connectivity index (χ4n) is 12.3. The molecule has 6 aromatic carbocycles. The zero-order chi connectivity index (χ0) is 57.8. The second-order valence-electron chi connectivity index (χ2n) is 22.2. The summed E-state index contributed by atoms with van der Waals surface area (Å²) >= 11 is 0. The van der Waals surface area contributed by atoms with Gasteiger partial charge in [-0.15, -0.1) is 0 Å². The van der Waals surface area contributed by atoms with E-state index in [-0.39, 0.29) is 35.7 Å². The molecule has 9 aromatic rings. The number of hydrogen-bond donors (Lipinski definition) is 4. The molecule has 5 heterocycles. The Morgan fingerprint density at radius 1 is 0.554 bits per heavy atom. The quantitative estimate of drug-likeness (QED) is 0.0647. The van der Waals surface area contributed by atoms with Crippen LogP contribution in [0.1, 0.15) is 99.4 Å². The Hall–Kier alpha value is -9.50. The summed E-state index contributed by atoms with van der Waals surface area (Å²) in [4.78, 5) is 71.8. The van der Waals surface area contributed by atoms with E-state index in [1.165, 1.54) is 7.11 Å². The molecular formula is C68H69N9O6. The molecule has 15 nitrogen and oxygen atoms in total. The zero-order valence-electron chi connectivity index (χ0n) is 47.4. The summed E-state index contributed by atoms with van der Waals surface area (Å²) in [6, 6.07) is 61.0. The first kappa shape index (κ1) is 55.4. The highest BCUT2D eigenvalue weighted by atomic mass is 16.6. The summed E-state index contributed by atoms with van der Waals surface area (Å²) < 4.78 is 12.4. The summed E-state index contributed by atoms with van der Waals surface area (Å²) in [6.07, 6.45) is 4.12. The van der Waals surface area contributed by atoms with Gasteiger partial charge in [0.25, 0.3) is 5.91 Å². The number of H-pyrrole nitrogens is 2. The van der Waals surface area contributed by atoms with Crippen LogP contribution < -0.4 is 11.1 Å². The van der Waals surface area contributed by atoms with Gasteiger partial charge in [-0.2, -0.15) is 0 Å². The molecule has 2 saturated heterocycles. The largest absolute Gasteiger partial charge is 0.453 e. The second-order valence-corrected chi connectivity index (χ2v) is 22.2. The molecule has 0 aliphatic carbocycles. The molecule has 3 aromatic heterocycles. The number of rotatable bonds is 17. The van der Waals surface area contributed by atoms with Gasteiger partial charge >= 0.3 is 12.2 Å². The fourth-order valence-corrected chi connectivity index (χ4v) is 12.3. The van der Waals surface area contributed by atoms with Gasteiger partial charge in [-0.3, -0.25) is 9.59 Å². The highest BCUT2D eigenvalue weighted by Gasteiger charge is 2.41. The molecule has 2 aliphatic heterocycles. The number of methoxy groups -OCH3 is 1. The van der Waals surface area contributed by atoms with Crippen LogP contribution in [0.2, 0.25) is 0 Å². The number of aromatic nitrogens is 5. The number of carbonyl (C=O) groups is 4. The SMILES string of the molecule is COC(=O)N[C@H](C(=O)N1CCC[C@H]1c1ncc(-c2ccc(-c3ccc(-c4ccc(-c5cnc([C@@H]6CCCN6C(=O)[C@@H](OC(N)=O)C(C)C)[nH]5)cc4)n3-c3ccc(C(c4ccccc4)(c4ccccc4)c4ccccc4)cc3)cc2)[nH]1)C(C)C. The second kappa shape index (κ2) is 23.9. The van der Waals surface area contributed by atoms with Crippen molar-refractivity contribution < 1.29 is 28.7 Å². The van der Waals surface area contributed by atoms with E-state index < -0.39 is 29.7 Å². The number of nitrogens with two attached hydrogens (primary N) is 1. The Kier molecular flexibility index (Phi) is 16.0. The maximum absolute atomic E-state index is 13.9. The first-order chi connectivity index (χ1) is 40.3. The minimum Gasteiger partial charge on any atom is -0.453 e. The lowest BCUT2D eigenvalue weighted by Gasteiger charge is -2.37. The number of hydrogen-bond acceptors (Lipinski definition) is 8. The molecule has 422 valence electrons. The van der Waals surface area contributed by atoms with Crippen LogP contribution in [0.3, 0.4) is 0 Å². The number of likely N-dealkylation sites (tertiary alicyclic amines) is 2. The average Bonchev–Trinajstić information content (AvgIpc) is 3.42. The van der Waals surface area contributed by atoms with Gasteiger partial charge in [-0.05, 0) is 106 Å². The number of ether oxygens (including phenoxy) is 2. The van der Waals surface area contributed by atoms with Crippen molar-refractivity contribution in [2.75, 3.05) is 20.2 Å². The molecule has 4 amide bonds. The van der Waals surface area contributed by atoms with Crippen LogP contribution in [0.25, 0.3) is 50.7 Å². The Labute approximate surface area is 483 Å². The van der Waals surface area contributed by atoms with Gasteiger partial charge in [-0.25, -0.2) is 19.6 Å². The van der Waals surface area contributed by atoms with Gasteiger partial charge in [-0.1, -0.05) is 179 Å². The van der Waals surface area contributed by atoms with Gasteiger partial charge in [0.1, 0.15) is 17.7 Å². The molecule has 11 rings (SSSR count). The van der Waals surface area contributed by atoms with Gasteiger partial charge in [0, 0.05) is 18.8 Å². The van der Waals surface area contributed by atoms with Crippen molar-refractivity contribution in [3.05, 3.63) is 222 Å². The molecule has 0 radical (unpaired) electrons. The van der Waals surface area contributed by atoms with Gasteiger partial charge in [0.2, 0.25) is 5.91 Å². The third-order valence-electron chi connectivity index (χ3n) is 16.4. The number of benzene rings is 6. The topological polar surface area (TPSA) is 194 Å². The van der Waals surface area contributed by atoms with E-state index in [2.05, 4.69) is 196 Å². The summed E-state index contributed by atoms with van der Waals surface area (Å²) in [5, 5.41) is 2.74. The lowest BCUT2D eigenvalue weighted by atomic mass is 9.65. The van der Waals surface area contributed by atoms with E-state index >= 15 is 0 Å². The Morgan fingerprint density at radius 3 is 1.39 bits per heavy atom. The standard InChI is InChI=1S/C68H69N9O6/c1-43(2)60(74-67(81)82-5)64(78)75-39-15-23-58(75)62-70-41-54(72-62)45-25-29-47(30-26-45)56-37-38-57(48-31-27-46(28-32-48)55-42-71-63(73-55)59-24-16-40-76(59)65(79)61(44(3)4)83-66(69)80)77(56)53-35-33-52(34-36-53)68(49-17-9-6-10-18-49,50-19-11-7-12-20-50)51-21-13-8-14-22-51/h6-14,17-22,25-38,41-44,58-61H,15-16,23-24,39-40H2,1-5H3,(H2,69,80)(H,70,72)(H,71,73)(H,74,81)/t58-,59-,60-,61-/m0/s1. The molecule has 0 spiro atoms. The lowest BCUT2D eigenvalue weighted by molar-refractivity contribution is -0.143. The lowest BCUT2D eigenvalue weighted by Crippen LogP contribution is -2.51. The molecular weight excluding hydrogens is 1040 g/mol. The zero-order valence-corrected chi connectivity index (χ0v) is 47.4. The van der Waals surface area contributed by atoms with Crippen molar-refractivity contribution in [1.29, 1.82) is 0 Å². The third kappa shape index (κ3) is 10.9. The minimum absolute atomic E-state index is 0.140. The van der Waals surface area contributed by atoms with Gasteiger partial charge < -0.3 is 44.9 Å². The third-order valence-corrected chi connectivity index (χ3v) is 16.4. The molecule has 5 N–H and O–H groups in total. The summed E-state index contributed by atoms with van der Waals surface area (Å²) in [5.41, 5.74) is 17.8. The van der Waals surface area contributed by atoms with E-state index in [9.17, 15) is 19.2 Å². The fraction of sp³-hybridized carbons (Fsp3) is 0.265. The maximum Gasteiger partial charge on any atom is 0.407 e. The first-order valence-electron chi connectivity index (χ1n) is 28.6. The number of nitrogens with one attached hydrogen (secondary N) is 3. The van der Waals surface area contributed by atoms with E-state index in [0.29, 0.717) is 24.7 Å². The minimum atomic E-state index is -0.979. The molecule has 0 saturated carbocycles. The van der Waals surface area contributed by atoms with Crippen molar-refractivity contribution >= 4 is 24.0 Å². The predicted molar refractivity (Wildman–Crippen MR) is 321 cm³/mol. The smallest absolute Gasteiger partial charge is 0.407 e. The predicted octanol–water partition coefficient (Wildman–Crippen LogP) is 12.8.